The van der Waals surface area contributed by atoms with Crippen molar-refractivity contribution in [3.8, 4) is 0 Å². The van der Waals surface area contributed by atoms with Crippen molar-refractivity contribution in [2.75, 3.05) is 6.54 Å². The lowest BCUT2D eigenvalue weighted by Gasteiger charge is -2.20. The van der Waals surface area contributed by atoms with Crippen LogP contribution in [0.1, 0.15) is 41.8 Å². The summed E-state index contributed by atoms with van der Waals surface area (Å²) >= 11 is 5.89. The van der Waals surface area contributed by atoms with Gasteiger partial charge in [0, 0.05) is 17.1 Å². The van der Waals surface area contributed by atoms with Crippen LogP contribution in [-0.4, -0.2) is 24.4 Å². The molecular weight excluding hydrogens is 360 g/mol. The molecule has 0 fully saturated rings. The lowest BCUT2D eigenvalue weighted by atomic mass is 10.0. The topological polar surface area (TPSA) is 58.2 Å². The van der Waals surface area contributed by atoms with Crippen LogP contribution in [0.3, 0.4) is 0 Å². The first-order chi connectivity index (χ1) is 12.9. The molecule has 2 rings (SSSR count). The Balaban J connectivity index is 1.95. The standard InChI is InChI=1S/C22H27ClN2O2/c1-15(2)14-20(25-21(26)19-7-5-4-6-16(19)3)22(27)24-13-12-17-8-10-18(23)11-9-17/h4-11,15,20H,12-14H2,1-3H3,(H,24,27)(H,25,26)/t20-/m1/s1. The van der Waals surface area contributed by atoms with Crippen molar-refractivity contribution in [2.24, 2.45) is 5.92 Å². The van der Waals surface area contributed by atoms with Gasteiger partial charge in [0.1, 0.15) is 6.04 Å². The number of carbonyl (C=O) groups is 2. The van der Waals surface area contributed by atoms with Gasteiger partial charge in [-0.15, -0.1) is 0 Å². The number of aryl methyl sites for hydroxylation is 1. The monoisotopic (exact) mass is 386 g/mol. The molecule has 0 saturated carbocycles. The van der Waals surface area contributed by atoms with Gasteiger partial charge in [0.25, 0.3) is 5.91 Å². The fourth-order valence-corrected chi connectivity index (χ4v) is 3.00. The van der Waals surface area contributed by atoms with Gasteiger partial charge in [0.05, 0.1) is 0 Å². The molecule has 0 heterocycles. The van der Waals surface area contributed by atoms with E-state index in [0.717, 1.165) is 11.1 Å². The van der Waals surface area contributed by atoms with E-state index in [1.165, 1.54) is 0 Å². The number of hydrogen-bond acceptors (Lipinski definition) is 2. The van der Waals surface area contributed by atoms with Gasteiger partial charge in [0.15, 0.2) is 0 Å². The molecule has 0 saturated heterocycles. The van der Waals surface area contributed by atoms with Crippen molar-refractivity contribution in [1.29, 1.82) is 0 Å². The van der Waals surface area contributed by atoms with Gasteiger partial charge in [-0.2, -0.15) is 0 Å². The third kappa shape index (κ3) is 6.72. The Morgan fingerprint density at radius 1 is 1.04 bits per heavy atom. The minimum atomic E-state index is -0.553. The molecule has 2 amide bonds. The maximum Gasteiger partial charge on any atom is 0.252 e. The predicted octanol–water partition coefficient (Wildman–Crippen LogP) is 4.15. The zero-order valence-corrected chi connectivity index (χ0v) is 16.8. The maximum atomic E-state index is 12.6. The summed E-state index contributed by atoms with van der Waals surface area (Å²) < 4.78 is 0. The fourth-order valence-electron chi connectivity index (χ4n) is 2.87. The smallest absolute Gasteiger partial charge is 0.252 e. The molecule has 27 heavy (non-hydrogen) atoms. The van der Waals surface area contributed by atoms with Gasteiger partial charge >= 0.3 is 0 Å². The quantitative estimate of drug-likeness (QED) is 0.715. The molecule has 0 spiro atoms. The SMILES string of the molecule is Cc1ccccc1C(=O)N[C@H](CC(C)C)C(=O)NCCc1ccc(Cl)cc1. The van der Waals surface area contributed by atoms with Crippen LogP contribution in [0.4, 0.5) is 0 Å². The van der Waals surface area contributed by atoms with Gasteiger partial charge in [-0.05, 0) is 55.0 Å². The molecule has 0 aliphatic rings. The summed E-state index contributed by atoms with van der Waals surface area (Å²) in [5.74, 6) is -0.0830. The van der Waals surface area contributed by atoms with E-state index in [4.69, 9.17) is 11.6 Å². The molecule has 2 aromatic carbocycles. The Labute approximate surface area is 166 Å². The first-order valence-corrected chi connectivity index (χ1v) is 9.63. The normalized spacial score (nSPS) is 11.9. The number of benzene rings is 2. The summed E-state index contributed by atoms with van der Waals surface area (Å²) in [4.78, 5) is 25.2. The molecule has 144 valence electrons. The highest BCUT2D eigenvalue weighted by Crippen LogP contribution is 2.11. The molecule has 2 aromatic rings. The average molecular weight is 387 g/mol. The van der Waals surface area contributed by atoms with Crippen LogP contribution in [0.25, 0.3) is 0 Å². The second-order valence-electron chi connectivity index (χ2n) is 7.14. The number of carbonyl (C=O) groups excluding carboxylic acids is 2. The third-order valence-corrected chi connectivity index (χ3v) is 4.60. The molecule has 0 aliphatic heterocycles. The summed E-state index contributed by atoms with van der Waals surface area (Å²) in [6, 6.07) is 14.4. The zero-order chi connectivity index (χ0) is 19.8. The minimum Gasteiger partial charge on any atom is -0.354 e. The second-order valence-corrected chi connectivity index (χ2v) is 7.57. The average Bonchev–Trinajstić information content (AvgIpc) is 2.62. The van der Waals surface area contributed by atoms with Crippen molar-refractivity contribution in [2.45, 2.75) is 39.7 Å². The Morgan fingerprint density at radius 2 is 1.70 bits per heavy atom. The van der Waals surface area contributed by atoms with E-state index < -0.39 is 6.04 Å². The Hall–Kier alpha value is -2.33. The molecule has 2 N–H and O–H groups in total. The molecule has 0 bridgehead atoms. The van der Waals surface area contributed by atoms with E-state index in [1.807, 2.05) is 63.2 Å². The Morgan fingerprint density at radius 3 is 2.33 bits per heavy atom. The zero-order valence-electron chi connectivity index (χ0n) is 16.1. The molecule has 0 aromatic heterocycles. The number of halogens is 1. The summed E-state index contributed by atoms with van der Waals surface area (Å²) in [6.45, 7) is 6.47. The van der Waals surface area contributed by atoms with Gasteiger partial charge in [-0.25, -0.2) is 0 Å². The van der Waals surface area contributed by atoms with E-state index in [-0.39, 0.29) is 17.7 Å². The van der Waals surface area contributed by atoms with Crippen molar-refractivity contribution in [3.63, 3.8) is 0 Å². The summed E-state index contributed by atoms with van der Waals surface area (Å²) in [6.07, 6.45) is 1.30. The molecule has 0 radical (unpaired) electrons. The van der Waals surface area contributed by atoms with Crippen LogP contribution in [-0.2, 0) is 11.2 Å². The molecule has 0 unspecified atom stereocenters. The third-order valence-electron chi connectivity index (χ3n) is 4.34. The van der Waals surface area contributed by atoms with Crippen LogP contribution >= 0.6 is 11.6 Å². The Kier molecular flexibility index (Phi) is 7.86. The molecule has 1 atom stereocenters. The minimum absolute atomic E-state index is 0.153. The highest BCUT2D eigenvalue weighted by molar-refractivity contribution is 6.30. The maximum absolute atomic E-state index is 12.6. The highest BCUT2D eigenvalue weighted by Gasteiger charge is 2.22. The molecule has 5 heteroatoms. The molecule has 0 aliphatic carbocycles. The van der Waals surface area contributed by atoms with Gasteiger partial charge < -0.3 is 10.6 Å². The first-order valence-electron chi connectivity index (χ1n) is 9.25. The first kappa shape index (κ1) is 21.0. The lowest BCUT2D eigenvalue weighted by Crippen LogP contribution is -2.48. The van der Waals surface area contributed by atoms with Crippen molar-refractivity contribution < 1.29 is 9.59 Å². The predicted molar refractivity (Wildman–Crippen MR) is 110 cm³/mol. The number of rotatable bonds is 8. The van der Waals surface area contributed by atoms with Crippen molar-refractivity contribution in [3.05, 3.63) is 70.2 Å². The summed E-state index contributed by atoms with van der Waals surface area (Å²) in [5, 5.41) is 6.52. The van der Waals surface area contributed by atoms with Crippen molar-refractivity contribution in [1.82, 2.24) is 10.6 Å². The van der Waals surface area contributed by atoms with E-state index in [1.54, 1.807) is 6.07 Å². The van der Waals surface area contributed by atoms with Gasteiger partial charge in [-0.3, -0.25) is 9.59 Å². The second kappa shape index (κ2) is 10.1. The fraction of sp³-hybridized carbons (Fsp3) is 0.364. The number of hydrogen-bond donors (Lipinski definition) is 2. The molecular formula is C22H27ClN2O2. The van der Waals surface area contributed by atoms with Crippen LogP contribution in [0.5, 0.6) is 0 Å². The van der Waals surface area contributed by atoms with E-state index in [0.29, 0.717) is 30.0 Å². The molecule has 4 nitrogen and oxygen atoms in total. The van der Waals surface area contributed by atoms with E-state index in [2.05, 4.69) is 10.6 Å². The number of amides is 2. The summed E-state index contributed by atoms with van der Waals surface area (Å²) in [5.41, 5.74) is 2.59. The summed E-state index contributed by atoms with van der Waals surface area (Å²) in [7, 11) is 0. The van der Waals surface area contributed by atoms with Crippen LogP contribution in [0, 0.1) is 12.8 Å². The Bertz CT molecular complexity index is 772. The lowest BCUT2D eigenvalue weighted by molar-refractivity contribution is -0.123. The van der Waals surface area contributed by atoms with E-state index in [9.17, 15) is 9.59 Å². The van der Waals surface area contributed by atoms with Crippen LogP contribution in [0.15, 0.2) is 48.5 Å². The van der Waals surface area contributed by atoms with Gasteiger partial charge in [0.2, 0.25) is 5.91 Å². The largest absolute Gasteiger partial charge is 0.354 e. The van der Waals surface area contributed by atoms with E-state index >= 15 is 0 Å². The highest BCUT2D eigenvalue weighted by atomic mass is 35.5. The number of nitrogens with one attached hydrogen (secondary N) is 2. The van der Waals surface area contributed by atoms with Crippen LogP contribution < -0.4 is 10.6 Å². The van der Waals surface area contributed by atoms with Crippen molar-refractivity contribution >= 4 is 23.4 Å². The van der Waals surface area contributed by atoms with Gasteiger partial charge in [-0.1, -0.05) is 55.8 Å². The van der Waals surface area contributed by atoms with Crippen LogP contribution in [0.2, 0.25) is 5.02 Å².